The molecule has 252 valence electrons. The maximum atomic E-state index is 6.58. The van der Waals surface area contributed by atoms with E-state index in [0.717, 1.165) is 45.1 Å². The molecule has 8 rings (SSSR count). The van der Waals surface area contributed by atoms with Crippen LogP contribution < -0.4 is 9.30 Å². The number of para-hydroxylation sites is 1. The summed E-state index contributed by atoms with van der Waals surface area (Å²) in [5.41, 5.74) is 9.15. The van der Waals surface area contributed by atoms with Gasteiger partial charge in [-0.15, -0.1) is 0 Å². The Bertz CT molecular complexity index is 2530. The predicted molar refractivity (Wildman–Crippen MR) is 208 cm³/mol. The largest absolute Gasteiger partial charge is 0.458 e. The van der Waals surface area contributed by atoms with Gasteiger partial charge in [-0.25, -0.2) is 4.98 Å². The van der Waals surface area contributed by atoms with Crippen molar-refractivity contribution in [2.75, 3.05) is 0 Å². The van der Waals surface area contributed by atoms with Gasteiger partial charge in [-0.2, -0.15) is 0 Å². The Morgan fingerprint density at radius 3 is 2.16 bits per heavy atom. The number of rotatable bonds is 6. The van der Waals surface area contributed by atoms with Gasteiger partial charge in [0.1, 0.15) is 17.3 Å². The first kappa shape index (κ1) is 32.3. The van der Waals surface area contributed by atoms with Crippen LogP contribution in [0, 0.1) is 6.33 Å². The molecule has 0 saturated heterocycles. The molecule has 3 heterocycles. The second-order valence-electron chi connectivity index (χ2n) is 15.3. The summed E-state index contributed by atoms with van der Waals surface area (Å²) < 4.78 is 12.8. The third kappa shape index (κ3) is 6.21. The number of fused-ring (bicyclic) bond motifs is 3. The second-order valence-corrected chi connectivity index (χ2v) is 15.3. The van der Waals surface area contributed by atoms with Crippen LogP contribution in [0.3, 0.4) is 0 Å². The van der Waals surface area contributed by atoms with Crippen LogP contribution in [-0.2, 0) is 10.8 Å². The first-order valence-electron chi connectivity index (χ1n) is 17.5. The third-order valence-electron chi connectivity index (χ3n) is 9.57. The fraction of sp³-hybridized carbons (Fsp3) is 0.174. The number of hydrogen-bond donors (Lipinski definition) is 0. The molecular weight excluding hydrogens is 625 g/mol. The summed E-state index contributed by atoms with van der Waals surface area (Å²) in [4.78, 5) is 4.95. The van der Waals surface area contributed by atoms with Crippen molar-refractivity contribution in [1.82, 2.24) is 14.1 Å². The zero-order chi connectivity index (χ0) is 35.3. The van der Waals surface area contributed by atoms with Crippen LogP contribution in [-0.4, -0.2) is 14.1 Å². The van der Waals surface area contributed by atoms with E-state index in [1.807, 2.05) is 64.1 Å². The van der Waals surface area contributed by atoms with Crippen LogP contribution in [0.2, 0.25) is 0 Å². The van der Waals surface area contributed by atoms with Gasteiger partial charge in [-0.3, -0.25) is 13.7 Å². The Morgan fingerprint density at radius 1 is 0.647 bits per heavy atom. The molecule has 0 N–H and O–H groups in total. The van der Waals surface area contributed by atoms with Crippen molar-refractivity contribution in [2.24, 2.45) is 0 Å². The molecule has 0 fully saturated rings. The monoisotopic (exact) mass is 666 g/mol. The van der Waals surface area contributed by atoms with Crippen LogP contribution in [0.25, 0.3) is 50.1 Å². The normalized spacial score (nSPS) is 12.1. The lowest BCUT2D eigenvalue weighted by Crippen LogP contribution is -2.27. The second kappa shape index (κ2) is 12.4. The average Bonchev–Trinajstić information content (AvgIpc) is 3.75. The van der Waals surface area contributed by atoms with Gasteiger partial charge in [-0.1, -0.05) is 102 Å². The quantitative estimate of drug-likeness (QED) is 0.131. The van der Waals surface area contributed by atoms with E-state index in [2.05, 4.69) is 143 Å². The molecule has 0 saturated carbocycles. The number of nitrogens with zero attached hydrogens (tertiary/aromatic N) is 4. The summed E-state index contributed by atoms with van der Waals surface area (Å²) in [6, 6.07) is 44.6. The lowest BCUT2D eigenvalue weighted by Gasteiger charge is -2.23. The minimum absolute atomic E-state index is 0.00675. The van der Waals surface area contributed by atoms with Gasteiger partial charge in [0, 0.05) is 35.4 Å². The van der Waals surface area contributed by atoms with Gasteiger partial charge < -0.3 is 4.74 Å². The van der Waals surface area contributed by atoms with E-state index in [1.165, 1.54) is 27.6 Å². The summed E-state index contributed by atoms with van der Waals surface area (Å²) in [5.74, 6) is 2.39. The molecule has 8 aromatic rings. The fourth-order valence-electron chi connectivity index (χ4n) is 6.90. The highest BCUT2D eigenvalue weighted by Gasteiger charge is 2.21. The van der Waals surface area contributed by atoms with Crippen molar-refractivity contribution in [3.05, 3.63) is 163 Å². The molecule has 0 spiro atoms. The molecule has 5 nitrogen and oxygen atoms in total. The minimum Gasteiger partial charge on any atom is -0.458 e. The molecule has 0 atom stereocenters. The average molecular weight is 667 g/mol. The van der Waals surface area contributed by atoms with Crippen LogP contribution in [0.4, 0.5) is 0 Å². The van der Waals surface area contributed by atoms with E-state index in [4.69, 9.17) is 9.72 Å². The molecular formula is C46H42N4O. The summed E-state index contributed by atoms with van der Waals surface area (Å²) in [5, 5.41) is 2.32. The highest BCUT2D eigenvalue weighted by atomic mass is 16.5. The van der Waals surface area contributed by atoms with Gasteiger partial charge in [0.15, 0.2) is 0 Å². The van der Waals surface area contributed by atoms with Gasteiger partial charge >= 0.3 is 0 Å². The molecule has 0 aliphatic carbocycles. The number of imidazole rings is 1. The first-order chi connectivity index (χ1) is 24.5. The topological polar surface area (TPSA) is 35.9 Å². The summed E-state index contributed by atoms with van der Waals surface area (Å²) in [6.45, 7) is 13.6. The maximum Gasteiger partial charge on any atom is 0.268 e. The standard InChI is InChI=1S/C46H42N4O/c1-45(2,3)33-23-24-47-44(28-33)50-42-27-32(38-17-10-11-18-41(38)46(4,5)6)19-21-39(42)40-22-20-37(30-43(40)50)51-36-16-12-15-35(29-36)49-26-25-48(31-49)34-13-8-7-9-14-34/h7-30H,1-6H3. The van der Waals surface area contributed by atoms with E-state index in [1.54, 1.807) is 0 Å². The Balaban J connectivity index is 1.24. The predicted octanol–water partition coefficient (Wildman–Crippen LogP) is 11.1. The first-order valence-corrected chi connectivity index (χ1v) is 17.5. The number of ether oxygens (including phenoxy) is 1. The van der Waals surface area contributed by atoms with E-state index < -0.39 is 0 Å². The Labute approximate surface area is 300 Å². The van der Waals surface area contributed by atoms with E-state index in [9.17, 15) is 0 Å². The SMILES string of the molecule is CC(C)(C)c1ccnc(-n2c3cc(Oc4cccc(-n5[c-][n+](-c6ccccc6)cc5)c4)ccc3c3ccc(-c4ccccc4C(C)(C)C)cc32)c1. The highest BCUT2D eigenvalue weighted by molar-refractivity contribution is 6.10. The molecule has 3 aromatic heterocycles. The van der Waals surface area contributed by atoms with Crippen molar-refractivity contribution in [2.45, 2.75) is 52.4 Å². The lowest BCUT2D eigenvalue weighted by molar-refractivity contribution is -0.599. The molecule has 0 aliphatic heterocycles. The molecule has 0 aliphatic rings. The maximum absolute atomic E-state index is 6.58. The molecule has 5 aromatic carbocycles. The Morgan fingerprint density at radius 2 is 1.37 bits per heavy atom. The molecule has 51 heavy (non-hydrogen) atoms. The summed E-state index contributed by atoms with van der Waals surface area (Å²) in [7, 11) is 0. The number of benzene rings is 5. The lowest BCUT2D eigenvalue weighted by atomic mass is 9.82. The minimum atomic E-state index is -0.0237. The van der Waals surface area contributed by atoms with Gasteiger partial charge in [0.2, 0.25) is 0 Å². The van der Waals surface area contributed by atoms with Crippen molar-refractivity contribution in [3.8, 4) is 39.8 Å². The zero-order valence-electron chi connectivity index (χ0n) is 30.1. The molecule has 0 amide bonds. The fourth-order valence-corrected chi connectivity index (χ4v) is 6.90. The van der Waals surface area contributed by atoms with Crippen LogP contribution >= 0.6 is 0 Å². The Kier molecular flexibility index (Phi) is 7.87. The number of aromatic nitrogens is 4. The van der Waals surface area contributed by atoms with Gasteiger partial charge in [0.25, 0.3) is 6.33 Å². The van der Waals surface area contributed by atoms with Crippen LogP contribution in [0.5, 0.6) is 11.5 Å². The van der Waals surface area contributed by atoms with Crippen LogP contribution in [0.15, 0.2) is 146 Å². The number of hydrogen-bond acceptors (Lipinski definition) is 2. The highest BCUT2D eigenvalue weighted by Crippen LogP contribution is 2.39. The molecule has 0 unspecified atom stereocenters. The van der Waals surface area contributed by atoms with E-state index in [-0.39, 0.29) is 10.8 Å². The number of pyridine rings is 1. The zero-order valence-corrected chi connectivity index (χ0v) is 30.1. The molecule has 0 bridgehead atoms. The van der Waals surface area contributed by atoms with Crippen molar-refractivity contribution in [3.63, 3.8) is 0 Å². The molecule has 0 radical (unpaired) electrons. The van der Waals surface area contributed by atoms with Gasteiger partial charge in [-0.05, 0) is 93.7 Å². The van der Waals surface area contributed by atoms with Crippen molar-refractivity contribution in [1.29, 1.82) is 0 Å². The molecule has 5 heteroatoms. The summed E-state index contributed by atoms with van der Waals surface area (Å²) >= 11 is 0. The van der Waals surface area contributed by atoms with E-state index in [0.29, 0.717) is 0 Å². The summed E-state index contributed by atoms with van der Waals surface area (Å²) in [6.07, 6.45) is 9.35. The van der Waals surface area contributed by atoms with Crippen molar-refractivity contribution < 1.29 is 9.30 Å². The smallest absolute Gasteiger partial charge is 0.268 e. The van der Waals surface area contributed by atoms with Crippen LogP contribution in [0.1, 0.15) is 52.7 Å². The third-order valence-corrected chi connectivity index (χ3v) is 9.57. The van der Waals surface area contributed by atoms with Crippen molar-refractivity contribution >= 4 is 21.8 Å². The van der Waals surface area contributed by atoms with Gasteiger partial charge in [0.05, 0.1) is 22.4 Å². The van der Waals surface area contributed by atoms with E-state index >= 15 is 0 Å². The Hall–Kier alpha value is -5.94.